The molecule has 4 fully saturated rings. The van der Waals surface area contributed by atoms with Gasteiger partial charge in [-0.25, -0.2) is 0 Å². The van der Waals surface area contributed by atoms with Gasteiger partial charge in [-0.05, 0) is 131 Å². The normalized spacial score (nSPS) is 45.1. The Morgan fingerprint density at radius 3 is 2.22 bits per heavy atom. The van der Waals surface area contributed by atoms with Gasteiger partial charge < -0.3 is 74.6 Å². The van der Waals surface area contributed by atoms with E-state index in [-0.39, 0.29) is 43.8 Å². The number of cyclic esters (lactones) is 1. The van der Waals surface area contributed by atoms with Crippen molar-refractivity contribution < 1.29 is 68.6 Å². The highest BCUT2D eigenvalue weighted by Crippen LogP contribution is 2.41. The molecule has 0 amide bonds. The molecule has 0 aromatic heterocycles. The van der Waals surface area contributed by atoms with Crippen molar-refractivity contribution in [2.45, 2.75) is 211 Å². The number of ether oxygens (including phenoxy) is 6. The molecule has 2 bridgehead atoms. The van der Waals surface area contributed by atoms with Gasteiger partial charge in [-0.2, -0.15) is 0 Å². The molecule has 68 heavy (non-hydrogen) atoms. The van der Waals surface area contributed by atoms with E-state index in [2.05, 4.69) is 27.7 Å². The molecule has 0 aromatic carbocycles. The first-order valence-electron chi connectivity index (χ1n) is 24.8. The molecule has 21 atom stereocenters. The molecule has 8 N–H and O–H groups in total. The number of fused-ring (bicyclic) bond motifs is 2. The van der Waals surface area contributed by atoms with E-state index in [9.17, 15) is 30.3 Å². The van der Waals surface area contributed by atoms with Crippen molar-refractivity contribution in [1.82, 2.24) is 20.4 Å². The Kier molecular flexibility index (Phi) is 21.5. The van der Waals surface area contributed by atoms with Crippen LogP contribution in [0.4, 0.5) is 0 Å². The van der Waals surface area contributed by atoms with Gasteiger partial charge >= 0.3 is 5.97 Å². The number of allylic oxidation sites excluding steroid dienone is 1. The lowest BCUT2D eigenvalue weighted by Gasteiger charge is -2.48. The van der Waals surface area contributed by atoms with Crippen molar-refractivity contribution >= 4 is 29.8 Å². The number of esters is 1. The number of carboxylic acid groups (broad SMARTS) is 1. The lowest BCUT2D eigenvalue weighted by Crippen LogP contribution is -2.60. The molecule has 19 heteroatoms. The van der Waals surface area contributed by atoms with E-state index < -0.39 is 96.0 Å². The Balaban J connectivity index is 0.00000327. The van der Waals surface area contributed by atoms with Gasteiger partial charge in [0, 0.05) is 57.2 Å². The maximum atomic E-state index is 14.5. The van der Waals surface area contributed by atoms with Crippen LogP contribution in [0.5, 0.6) is 0 Å². The summed E-state index contributed by atoms with van der Waals surface area (Å²) in [7, 11) is 5.30. The quantitative estimate of drug-likeness (QED) is 0.0461. The summed E-state index contributed by atoms with van der Waals surface area (Å²) in [5.41, 5.74) is -4.52. The molecule has 0 radical (unpaired) electrons. The average molecular weight is 989 g/mol. The molecule has 0 aromatic rings. The van der Waals surface area contributed by atoms with Crippen LogP contribution in [-0.4, -0.2) is 195 Å². The zero-order valence-corrected chi connectivity index (χ0v) is 43.8. The number of aliphatic hydroxyl groups excluding tert-OH is 3. The van der Waals surface area contributed by atoms with Gasteiger partial charge in [0.2, 0.25) is 0 Å². The van der Waals surface area contributed by atoms with Crippen LogP contribution in [0.25, 0.3) is 0 Å². The van der Waals surface area contributed by atoms with Crippen molar-refractivity contribution in [3.05, 3.63) is 12.2 Å². The number of likely N-dealkylation sites (N-methyl/N-ethyl adjacent to an activating group) is 1. The van der Waals surface area contributed by atoms with E-state index in [1.165, 1.54) is 20.5 Å². The van der Waals surface area contributed by atoms with E-state index in [0.717, 1.165) is 6.42 Å². The summed E-state index contributed by atoms with van der Waals surface area (Å²) < 4.78 is 38.2. The number of hydrogen-bond donors (Lipinski definition) is 8. The zero-order chi connectivity index (χ0) is 51.1. The van der Waals surface area contributed by atoms with E-state index in [0.29, 0.717) is 55.5 Å². The first-order valence-corrected chi connectivity index (χ1v) is 25.2. The van der Waals surface area contributed by atoms with Crippen molar-refractivity contribution in [1.29, 1.82) is 0 Å². The van der Waals surface area contributed by atoms with Crippen LogP contribution in [0.1, 0.15) is 114 Å². The average Bonchev–Trinajstić information content (AvgIpc) is 3.90. The summed E-state index contributed by atoms with van der Waals surface area (Å²) >= 11 is 5.69. The van der Waals surface area contributed by atoms with Gasteiger partial charge in [0.25, 0.3) is 6.47 Å². The highest BCUT2D eigenvalue weighted by molar-refractivity contribution is 7.80. The number of carbonyl (C=O) groups is 2. The molecule has 394 valence electrons. The molecule has 3 heterocycles. The summed E-state index contributed by atoms with van der Waals surface area (Å²) in [5, 5.41) is 74.3. The van der Waals surface area contributed by atoms with Crippen molar-refractivity contribution in [2.75, 3.05) is 40.8 Å². The maximum Gasteiger partial charge on any atom is 0.311 e. The van der Waals surface area contributed by atoms with Gasteiger partial charge in [-0.1, -0.05) is 32.9 Å². The minimum atomic E-state index is -1.87. The van der Waals surface area contributed by atoms with Crippen LogP contribution < -0.4 is 10.6 Å². The SMILES string of the molecule is CC[C@H]1OC(=O)[C@H](C)[C@@H](O[C@H]2C[C@@](C)(OC)[C@@H](O)[C@H](C)O2)[C@H](C)[C@@H](O[C@@H]2O[C@H](C)C[C@H](N(C)C)[C@H]2O)[C@](C)(O)C[C@@H](C)CN(CCCNC(=S)NC2CC3C=CC2C3)[C@H](C)[C@@H](O)[C@]1(C)O.O=CO. The largest absolute Gasteiger partial charge is 0.483 e. The van der Waals surface area contributed by atoms with E-state index >= 15 is 0 Å². The first kappa shape index (κ1) is 58.5. The number of carbonyl (C=O) groups excluding carboxylic acids is 1. The van der Waals surface area contributed by atoms with E-state index in [4.69, 9.17) is 50.5 Å². The van der Waals surface area contributed by atoms with Crippen LogP contribution in [0.15, 0.2) is 12.2 Å². The number of thiocarbonyl (C=S) groups is 1. The topological polar surface area (TPSA) is 241 Å². The highest BCUT2D eigenvalue weighted by atomic mass is 32.1. The van der Waals surface area contributed by atoms with E-state index in [1.54, 1.807) is 34.6 Å². The maximum absolute atomic E-state index is 14.5. The second-order valence-corrected chi connectivity index (χ2v) is 21.9. The Labute approximate surface area is 410 Å². The number of methoxy groups -OCH3 is 1. The third-order valence-corrected chi connectivity index (χ3v) is 15.8. The molecule has 5 rings (SSSR count). The lowest BCUT2D eigenvalue weighted by molar-refractivity contribution is -0.318. The standard InChI is InChI=1S/C48H86N4O12S.CH2O2/c1-14-36-48(10,58)40(54)30(6)52(19-15-18-49-45(65)50-34-22-32-16-17-33(34)21-32)25-26(2)23-46(8,57)42(64-44-38(53)35(51(11)12)20-27(3)60-44)28(4)39(29(5)43(56)62-36)63-37-24-47(9,59-13)41(55)31(7)61-37;2-1-3/h16-17,26-42,44,53-55,57-58H,14-15,18-25H2,1-13H3,(H2,49,50,65);1H,(H,2,3)/t26-,27-,28+,29-,30-,31+,32?,33?,34?,35+,36-,37+,38-,39+,40-,41+,42-,44+,46-,47-,48-;/m1./s1. The molecule has 0 spiro atoms. The monoisotopic (exact) mass is 989 g/mol. The highest BCUT2D eigenvalue weighted by Gasteiger charge is 2.53. The van der Waals surface area contributed by atoms with Crippen molar-refractivity contribution in [2.24, 2.45) is 29.6 Å². The Bertz CT molecular complexity index is 1640. The summed E-state index contributed by atoms with van der Waals surface area (Å²) in [6, 6.07) is -0.567. The first-order chi connectivity index (χ1) is 31.7. The van der Waals surface area contributed by atoms with Crippen LogP contribution >= 0.6 is 12.2 Å². The van der Waals surface area contributed by atoms with Gasteiger partial charge in [-0.15, -0.1) is 0 Å². The predicted octanol–water partition coefficient (Wildman–Crippen LogP) is 2.79. The second kappa shape index (κ2) is 25.0. The Morgan fingerprint density at radius 1 is 0.985 bits per heavy atom. The van der Waals surface area contributed by atoms with Crippen molar-refractivity contribution in [3.63, 3.8) is 0 Å². The lowest BCUT2D eigenvalue weighted by atomic mass is 9.77. The number of rotatable bonds is 12. The molecule has 18 nitrogen and oxygen atoms in total. The van der Waals surface area contributed by atoms with E-state index in [1.807, 2.05) is 46.7 Å². The Hall–Kier alpha value is -2.11. The van der Waals surface area contributed by atoms with Crippen LogP contribution in [0.2, 0.25) is 0 Å². The molecule has 5 aliphatic rings. The fraction of sp³-hybridized carbons (Fsp3) is 0.898. The van der Waals surface area contributed by atoms with Gasteiger partial charge in [0.15, 0.2) is 17.7 Å². The zero-order valence-electron chi connectivity index (χ0n) is 42.9. The molecule has 3 saturated heterocycles. The number of hydrogen-bond acceptors (Lipinski definition) is 16. The number of aliphatic hydroxyl groups is 5. The third kappa shape index (κ3) is 14.3. The predicted molar refractivity (Wildman–Crippen MR) is 259 cm³/mol. The minimum absolute atomic E-state index is 0.120. The van der Waals surface area contributed by atoms with Crippen LogP contribution in [0, 0.1) is 29.6 Å². The third-order valence-electron chi connectivity index (χ3n) is 15.5. The summed E-state index contributed by atoms with van der Waals surface area (Å²) in [5.74, 6) is -1.60. The second-order valence-electron chi connectivity index (χ2n) is 21.5. The van der Waals surface area contributed by atoms with Gasteiger partial charge in [0.05, 0.1) is 41.5 Å². The number of nitrogens with zero attached hydrogens (tertiary/aromatic N) is 2. The molecular weight excluding hydrogens is 901 g/mol. The molecule has 2 aliphatic carbocycles. The van der Waals surface area contributed by atoms with Gasteiger partial charge in [0.1, 0.15) is 30.0 Å². The van der Waals surface area contributed by atoms with Crippen LogP contribution in [-0.2, 0) is 38.0 Å². The molecule has 1 saturated carbocycles. The molecule has 3 aliphatic heterocycles. The number of nitrogens with one attached hydrogen (secondary N) is 2. The summed E-state index contributed by atoms with van der Waals surface area (Å²) in [4.78, 5) is 27.0. The van der Waals surface area contributed by atoms with Gasteiger partial charge in [-0.3, -0.25) is 14.5 Å². The van der Waals surface area contributed by atoms with Crippen LogP contribution in [0.3, 0.4) is 0 Å². The smallest absolute Gasteiger partial charge is 0.311 e. The summed E-state index contributed by atoms with van der Waals surface area (Å²) in [6.07, 6.45) is -1.10. The molecular formula is C49H88N4O14S. The van der Waals surface area contributed by atoms with Crippen molar-refractivity contribution in [3.8, 4) is 0 Å². The summed E-state index contributed by atoms with van der Waals surface area (Å²) in [6.45, 7) is 19.1. The minimum Gasteiger partial charge on any atom is -0.483 e. The Morgan fingerprint density at radius 2 is 1.65 bits per heavy atom. The fourth-order valence-corrected chi connectivity index (χ4v) is 11.8. The fourth-order valence-electron chi connectivity index (χ4n) is 11.5. The molecule has 3 unspecified atom stereocenters.